The minimum absolute atomic E-state index is 0.104. The molecule has 0 aliphatic carbocycles. The summed E-state index contributed by atoms with van der Waals surface area (Å²) in [6.45, 7) is 2.26. The van der Waals surface area contributed by atoms with Crippen LogP contribution in [0.3, 0.4) is 0 Å². The molecule has 0 N–H and O–H groups in total. The van der Waals surface area contributed by atoms with Crippen LogP contribution in [0.1, 0.15) is 6.92 Å². The van der Waals surface area contributed by atoms with E-state index >= 15 is 0 Å². The normalized spacial score (nSPS) is 9.71. The summed E-state index contributed by atoms with van der Waals surface area (Å²) in [5.74, 6) is 0.376. The number of methoxy groups -OCH3 is 2. The lowest BCUT2D eigenvalue weighted by molar-refractivity contribution is 0.297. The van der Waals surface area contributed by atoms with Crippen LogP contribution in [0.5, 0.6) is 17.2 Å². The lowest BCUT2D eigenvalue weighted by atomic mass is 10.3. The highest BCUT2D eigenvalue weighted by molar-refractivity contribution is 5.46. The van der Waals surface area contributed by atoms with Crippen LogP contribution in [-0.2, 0) is 0 Å². The molecule has 1 aromatic carbocycles. The van der Waals surface area contributed by atoms with Crippen LogP contribution in [0.4, 0.5) is 4.39 Å². The van der Waals surface area contributed by atoms with Gasteiger partial charge in [0.25, 0.3) is 0 Å². The van der Waals surface area contributed by atoms with Crippen molar-refractivity contribution < 1.29 is 18.6 Å². The SMILES string of the molecule is CCOc1cc(OC)cc(F)c1OC. The van der Waals surface area contributed by atoms with Gasteiger partial charge < -0.3 is 14.2 Å². The Kier molecular flexibility index (Phi) is 3.56. The topological polar surface area (TPSA) is 27.7 Å². The van der Waals surface area contributed by atoms with E-state index in [2.05, 4.69) is 0 Å². The molecule has 0 unspecified atom stereocenters. The Morgan fingerprint density at radius 3 is 2.43 bits per heavy atom. The van der Waals surface area contributed by atoms with Gasteiger partial charge >= 0.3 is 0 Å². The molecule has 0 spiro atoms. The first-order valence-corrected chi connectivity index (χ1v) is 4.27. The van der Waals surface area contributed by atoms with E-state index in [1.165, 1.54) is 20.3 Å². The number of hydrogen-bond acceptors (Lipinski definition) is 3. The average molecular weight is 200 g/mol. The Morgan fingerprint density at radius 2 is 1.93 bits per heavy atom. The van der Waals surface area contributed by atoms with Gasteiger partial charge in [0.2, 0.25) is 0 Å². The standard InChI is InChI=1S/C10H13FO3/c1-4-14-9-6-7(12-2)5-8(11)10(9)13-3/h5-6H,4H2,1-3H3. The lowest BCUT2D eigenvalue weighted by Crippen LogP contribution is -1.98. The van der Waals surface area contributed by atoms with Crippen LogP contribution >= 0.6 is 0 Å². The van der Waals surface area contributed by atoms with Gasteiger partial charge in [0.15, 0.2) is 17.3 Å². The second-order valence-electron chi connectivity index (χ2n) is 2.57. The predicted molar refractivity (Wildman–Crippen MR) is 50.7 cm³/mol. The van der Waals surface area contributed by atoms with Crippen molar-refractivity contribution in [2.24, 2.45) is 0 Å². The molecule has 78 valence electrons. The monoisotopic (exact) mass is 200 g/mol. The van der Waals surface area contributed by atoms with Crippen molar-refractivity contribution in [3.63, 3.8) is 0 Å². The molecule has 3 nitrogen and oxygen atoms in total. The van der Waals surface area contributed by atoms with Gasteiger partial charge in [-0.2, -0.15) is 0 Å². The molecular weight excluding hydrogens is 187 g/mol. The zero-order valence-corrected chi connectivity index (χ0v) is 8.46. The minimum atomic E-state index is -0.490. The van der Waals surface area contributed by atoms with Crippen molar-refractivity contribution in [2.45, 2.75) is 6.92 Å². The highest BCUT2D eigenvalue weighted by Crippen LogP contribution is 2.34. The summed E-state index contributed by atoms with van der Waals surface area (Å²) in [7, 11) is 2.87. The number of benzene rings is 1. The number of rotatable bonds is 4. The molecule has 4 heteroatoms. The van der Waals surface area contributed by atoms with Crippen LogP contribution in [0.15, 0.2) is 12.1 Å². The summed E-state index contributed by atoms with van der Waals surface area (Å²) in [5, 5.41) is 0. The maximum atomic E-state index is 13.3. The summed E-state index contributed by atoms with van der Waals surface area (Å²) in [4.78, 5) is 0. The van der Waals surface area contributed by atoms with Crippen molar-refractivity contribution >= 4 is 0 Å². The molecule has 0 saturated carbocycles. The van der Waals surface area contributed by atoms with Gasteiger partial charge in [-0.1, -0.05) is 0 Å². The number of ether oxygens (including phenoxy) is 3. The zero-order valence-electron chi connectivity index (χ0n) is 8.46. The largest absolute Gasteiger partial charge is 0.497 e. The van der Waals surface area contributed by atoms with Gasteiger partial charge in [-0.05, 0) is 6.92 Å². The van der Waals surface area contributed by atoms with Crippen molar-refractivity contribution in [1.82, 2.24) is 0 Å². The molecule has 0 amide bonds. The van der Waals surface area contributed by atoms with E-state index in [1.54, 1.807) is 6.07 Å². The first-order chi connectivity index (χ1) is 6.72. The molecule has 1 rings (SSSR count). The van der Waals surface area contributed by atoms with E-state index in [0.717, 1.165) is 0 Å². The molecule has 0 bridgehead atoms. The molecular formula is C10H13FO3. The second-order valence-corrected chi connectivity index (χ2v) is 2.57. The minimum Gasteiger partial charge on any atom is -0.497 e. The Bertz CT molecular complexity index is 312. The van der Waals surface area contributed by atoms with E-state index in [4.69, 9.17) is 14.2 Å². The first-order valence-electron chi connectivity index (χ1n) is 4.27. The van der Waals surface area contributed by atoms with Crippen LogP contribution in [0.25, 0.3) is 0 Å². The zero-order chi connectivity index (χ0) is 10.6. The van der Waals surface area contributed by atoms with Crippen LogP contribution in [0.2, 0.25) is 0 Å². The third-order valence-corrected chi connectivity index (χ3v) is 1.72. The van der Waals surface area contributed by atoms with Gasteiger partial charge in [0.1, 0.15) is 5.75 Å². The fourth-order valence-electron chi connectivity index (χ4n) is 1.12. The summed E-state index contributed by atoms with van der Waals surface area (Å²) >= 11 is 0. The highest BCUT2D eigenvalue weighted by Gasteiger charge is 2.12. The maximum Gasteiger partial charge on any atom is 0.197 e. The maximum absolute atomic E-state index is 13.3. The molecule has 0 fully saturated rings. The van der Waals surface area contributed by atoms with Crippen molar-refractivity contribution in [1.29, 1.82) is 0 Å². The van der Waals surface area contributed by atoms with E-state index < -0.39 is 5.82 Å². The van der Waals surface area contributed by atoms with Crippen molar-refractivity contribution in [2.75, 3.05) is 20.8 Å². The van der Waals surface area contributed by atoms with Gasteiger partial charge in [0.05, 0.1) is 20.8 Å². The smallest absolute Gasteiger partial charge is 0.197 e. The van der Waals surface area contributed by atoms with Gasteiger partial charge in [-0.15, -0.1) is 0 Å². The molecule has 0 aliphatic rings. The van der Waals surface area contributed by atoms with Crippen LogP contribution < -0.4 is 14.2 Å². The summed E-state index contributed by atoms with van der Waals surface area (Å²) < 4.78 is 28.3. The summed E-state index contributed by atoms with van der Waals surface area (Å²) in [6, 6.07) is 2.84. The molecule has 0 radical (unpaired) electrons. The fourth-order valence-corrected chi connectivity index (χ4v) is 1.12. The second kappa shape index (κ2) is 4.69. The molecule has 0 atom stereocenters. The van der Waals surface area contributed by atoms with Gasteiger partial charge in [-0.3, -0.25) is 0 Å². The Balaban J connectivity index is 3.13. The Morgan fingerprint density at radius 1 is 1.21 bits per heavy atom. The third-order valence-electron chi connectivity index (χ3n) is 1.72. The highest BCUT2D eigenvalue weighted by atomic mass is 19.1. The number of halogens is 1. The quantitative estimate of drug-likeness (QED) is 0.746. The first kappa shape index (κ1) is 10.6. The third kappa shape index (κ3) is 2.07. The van der Waals surface area contributed by atoms with Crippen molar-refractivity contribution in [3.8, 4) is 17.2 Å². The van der Waals surface area contributed by atoms with Gasteiger partial charge in [-0.25, -0.2) is 4.39 Å². The van der Waals surface area contributed by atoms with E-state index in [0.29, 0.717) is 18.1 Å². The Hall–Kier alpha value is -1.45. The number of hydrogen-bond donors (Lipinski definition) is 0. The predicted octanol–water partition coefficient (Wildman–Crippen LogP) is 2.24. The summed E-state index contributed by atoms with van der Waals surface area (Å²) in [5.41, 5.74) is 0. The molecule has 14 heavy (non-hydrogen) atoms. The molecule has 1 aromatic rings. The molecule has 0 saturated heterocycles. The molecule has 0 heterocycles. The van der Waals surface area contributed by atoms with Crippen LogP contribution in [-0.4, -0.2) is 20.8 Å². The molecule has 0 aliphatic heterocycles. The van der Waals surface area contributed by atoms with E-state index in [-0.39, 0.29) is 5.75 Å². The van der Waals surface area contributed by atoms with E-state index in [1.807, 2.05) is 6.92 Å². The van der Waals surface area contributed by atoms with Crippen LogP contribution in [0, 0.1) is 5.82 Å². The Labute approximate surface area is 82.4 Å². The fraction of sp³-hybridized carbons (Fsp3) is 0.400. The lowest BCUT2D eigenvalue weighted by Gasteiger charge is -2.11. The van der Waals surface area contributed by atoms with E-state index in [9.17, 15) is 4.39 Å². The molecule has 0 aromatic heterocycles. The average Bonchev–Trinajstić information content (AvgIpc) is 2.18. The summed E-state index contributed by atoms with van der Waals surface area (Å²) in [6.07, 6.45) is 0. The van der Waals surface area contributed by atoms with Gasteiger partial charge in [0, 0.05) is 12.1 Å². The van der Waals surface area contributed by atoms with Crippen molar-refractivity contribution in [3.05, 3.63) is 17.9 Å².